The van der Waals surface area contributed by atoms with E-state index in [-0.39, 0.29) is 50.8 Å². The van der Waals surface area contributed by atoms with Crippen molar-refractivity contribution in [3.63, 3.8) is 0 Å². The van der Waals surface area contributed by atoms with Crippen LogP contribution in [0, 0.1) is 5.82 Å². The first-order valence-corrected chi connectivity index (χ1v) is 13.8. The van der Waals surface area contributed by atoms with E-state index in [0.717, 1.165) is 23.3 Å². The molecule has 0 aliphatic carbocycles. The molecule has 0 saturated heterocycles. The summed E-state index contributed by atoms with van der Waals surface area (Å²) in [4.78, 5) is 25.9. The number of nitrogens with zero attached hydrogens (tertiary/aromatic N) is 1. The molecule has 2 N–H and O–H groups in total. The van der Waals surface area contributed by atoms with Crippen LogP contribution < -0.4 is 14.8 Å². The van der Waals surface area contributed by atoms with Gasteiger partial charge in [0.05, 0.1) is 13.2 Å². The molecule has 2 amide bonds. The van der Waals surface area contributed by atoms with Gasteiger partial charge in [0, 0.05) is 31.9 Å². The molecule has 0 saturated carbocycles. The standard InChI is InChI=1S/C31H34F4N2O7/c1-2-42-28(29(38)39)20-22-6-12-26(13-7-22)43-19-17-37(16-3-18-41-21-23-4-8-24(32)9-5-23)30(40)36-25-10-14-27(15-11-25)44-31(33,34)35/h4-15,28H,2-3,16-21H2,1H3,(H,36,40)(H,38,39). The number of alkyl halides is 3. The molecule has 0 spiro atoms. The van der Waals surface area contributed by atoms with Crippen LogP contribution in [0.1, 0.15) is 24.5 Å². The van der Waals surface area contributed by atoms with Crippen LogP contribution in [-0.4, -0.2) is 67.4 Å². The first kappa shape index (κ1) is 34.1. The second-order valence-corrected chi connectivity index (χ2v) is 9.50. The monoisotopic (exact) mass is 622 g/mol. The number of rotatable bonds is 17. The second kappa shape index (κ2) is 17.1. The molecule has 1 atom stereocenters. The van der Waals surface area contributed by atoms with Gasteiger partial charge in [-0.2, -0.15) is 0 Å². The highest BCUT2D eigenvalue weighted by Crippen LogP contribution is 2.24. The van der Waals surface area contributed by atoms with Crippen LogP contribution >= 0.6 is 0 Å². The van der Waals surface area contributed by atoms with Gasteiger partial charge in [0.2, 0.25) is 0 Å². The molecular formula is C31H34F4N2O7. The summed E-state index contributed by atoms with van der Waals surface area (Å²) in [6, 6.07) is 17.1. The molecule has 0 aromatic heterocycles. The number of carboxylic acid groups (broad SMARTS) is 1. The number of halogens is 4. The Morgan fingerprint density at radius 1 is 0.886 bits per heavy atom. The number of carbonyl (C=O) groups is 2. The smallest absolute Gasteiger partial charge is 0.492 e. The van der Waals surface area contributed by atoms with E-state index in [9.17, 15) is 32.3 Å². The molecular weight excluding hydrogens is 588 g/mol. The molecule has 1 unspecified atom stereocenters. The lowest BCUT2D eigenvalue weighted by atomic mass is 10.1. The third-order valence-corrected chi connectivity index (χ3v) is 6.14. The van der Waals surface area contributed by atoms with Crippen LogP contribution in [0.25, 0.3) is 0 Å². The zero-order chi connectivity index (χ0) is 32.0. The number of ether oxygens (including phenoxy) is 4. The molecule has 0 radical (unpaired) electrons. The van der Waals surface area contributed by atoms with E-state index in [1.807, 2.05) is 0 Å². The number of carbonyl (C=O) groups excluding carboxylic acids is 1. The van der Waals surface area contributed by atoms with Gasteiger partial charge in [-0.3, -0.25) is 0 Å². The number of anilines is 1. The normalized spacial score (nSPS) is 11.9. The summed E-state index contributed by atoms with van der Waals surface area (Å²) >= 11 is 0. The van der Waals surface area contributed by atoms with Gasteiger partial charge in [0.25, 0.3) is 0 Å². The Morgan fingerprint density at radius 2 is 1.52 bits per heavy atom. The lowest BCUT2D eigenvalue weighted by Crippen LogP contribution is -2.39. The summed E-state index contributed by atoms with van der Waals surface area (Å²) in [5.74, 6) is -1.29. The maximum absolute atomic E-state index is 13.1. The van der Waals surface area contributed by atoms with Crippen molar-refractivity contribution in [2.75, 3.05) is 38.2 Å². The van der Waals surface area contributed by atoms with Crippen LogP contribution in [0.5, 0.6) is 11.5 Å². The van der Waals surface area contributed by atoms with E-state index in [4.69, 9.17) is 14.2 Å². The summed E-state index contributed by atoms with van der Waals surface area (Å²) in [5.41, 5.74) is 1.83. The Hall–Kier alpha value is -4.36. The molecule has 3 aromatic rings. The summed E-state index contributed by atoms with van der Waals surface area (Å²) in [6.07, 6.45) is -5.12. The number of benzene rings is 3. The van der Waals surface area contributed by atoms with E-state index >= 15 is 0 Å². The highest BCUT2D eigenvalue weighted by atomic mass is 19.4. The SMILES string of the molecule is CCOC(Cc1ccc(OCCN(CCCOCc2ccc(F)cc2)C(=O)Nc2ccc(OC(F)(F)F)cc2)cc1)C(=O)O. The lowest BCUT2D eigenvalue weighted by Gasteiger charge is -2.23. The Labute approximate surface area is 252 Å². The Morgan fingerprint density at radius 3 is 2.14 bits per heavy atom. The molecule has 3 aromatic carbocycles. The third-order valence-electron chi connectivity index (χ3n) is 6.14. The van der Waals surface area contributed by atoms with Gasteiger partial charge < -0.3 is 34.3 Å². The first-order chi connectivity index (χ1) is 21.0. The Balaban J connectivity index is 1.55. The van der Waals surface area contributed by atoms with Gasteiger partial charge in [-0.25, -0.2) is 14.0 Å². The number of urea groups is 1. The third kappa shape index (κ3) is 12.5. The lowest BCUT2D eigenvalue weighted by molar-refractivity contribution is -0.274. The maximum atomic E-state index is 13.1. The summed E-state index contributed by atoms with van der Waals surface area (Å²) in [5, 5.41) is 11.9. The minimum atomic E-state index is -4.83. The fourth-order valence-electron chi connectivity index (χ4n) is 4.01. The minimum Gasteiger partial charge on any atom is -0.492 e. The van der Waals surface area contributed by atoms with Gasteiger partial charge in [0.1, 0.15) is 23.9 Å². The van der Waals surface area contributed by atoms with Gasteiger partial charge in [-0.15, -0.1) is 13.2 Å². The molecule has 0 heterocycles. The van der Waals surface area contributed by atoms with E-state index in [2.05, 4.69) is 10.1 Å². The van der Waals surface area contributed by atoms with Crippen LogP contribution in [0.15, 0.2) is 72.8 Å². The van der Waals surface area contributed by atoms with E-state index in [1.165, 1.54) is 29.2 Å². The summed E-state index contributed by atoms with van der Waals surface area (Å²) in [6.45, 7) is 3.16. The van der Waals surface area contributed by atoms with Crippen molar-refractivity contribution in [1.29, 1.82) is 0 Å². The van der Waals surface area contributed by atoms with Crippen LogP contribution in [0.4, 0.5) is 28.0 Å². The molecule has 0 fully saturated rings. The second-order valence-electron chi connectivity index (χ2n) is 9.50. The predicted molar refractivity (Wildman–Crippen MR) is 153 cm³/mol. The predicted octanol–water partition coefficient (Wildman–Crippen LogP) is 6.28. The largest absolute Gasteiger partial charge is 0.573 e. The number of carboxylic acids is 1. The van der Waals surface area contributed by atoms with Gasteiger partial charge in [-0.1, -0.05) is 24.3 Å². The van der Waals surface area contributed by atoms with E-state index in [0.29, 0.717) is 18.8 Å². The number of hydrogen-bond acceptors (Lipinski definition) is 6. The van der Waals surface area contributed by atoms with E-state index < -0.39 is 30.2 Å². The molecule has 9 nitrogen and oxygen atoms in total. The Bertz CT molecular complexity index is 1300. The topological polar surface area (TPSA) is 107 Å². The number of aliphatic carboxylic acids is 1. The number of hydrogen-bond donors (Lipinski definition) is 2. The van der Waals surface area contributed by atoms with Crippen LogP contribution in [-0.2, 0) is 27.3 Å². The zero-order valence-electron chi connectivity index (χ0n) is 24.0. The number of amides is 2. The fourth-order valence-corrected chi connectivity index (χ4v) is 4.01. The van der Waals surface area contributed by atoms with Crippen molar-refractivity contribution in [2.24, 2.45) is 0 Å². The van der Waals surface area contributed by atoms with Gasteiger partial charge in [0.15, 0.2) is 6.10 Å². The molecule has 13 heteroatoms. The first-order valence-electron chi connectivity index (χ1n) is 13.8. The molecule has 3 rings (SSSR count). The fraction of sp³-hybridized carbons (Fsp3) is 0.355. The number of nitrogens with one attached hydrogen (secondary N) is 1. The van der Waals surface area contributed by atoms with Gasteiger partial charge in [-0.05, 0) is 73.0 Å². The molecule has 238 valence electrons. The average Bonchev–Trinajstić information content (AvgIpc) is 2.97. The van der Waals surface area contributed by atoms with E-state index in [1.54, 1.807) is 43.3 Å². The van der Waals surface area contributed by atoms with Crippen LogP contribution in [0.3, 0.4) is 0 Å². The molecule has 0 aliphatic rings. The van der Waals surface area contributed by atoms with Crippen molar-refractivity contribution in [3.05, 3.63) is 89.7 Å². The maximum Gasteiger partial charge on any atom is 0.573 e. The van der Waals surface area contributed by atoms with Gasteiger partial charge >= 0.3 is 18.4 Å². The zero-order valence-corrected chi connectivity index (χ0v) is 24.0. The van der Waals surface area contributed by atoms with Crippen molar-refractivity contribution in [1.82, 2.24) is 4.90 Å². The Kier molecular flexibility index (Phi) is 13.2. The minimum absolute atomic E-state index is 0.123. The average molecular weight is 623 g/mol. The highest BCUT2D eigenvalue weighted by molar-refractivity contribution is 5.89. The van der Waals surface area contributed by atoms with Crippen molar-refractivity contribution >= 4 is 17.7 Å². The quantitative estimate of drug-likeness (QED) is 0.135. The van der Waals surface area contributed by atoms with Crippen molar-refractivity contribution in [2.45, 2.75) is 38.8 Å². The van der Waals surface area contributed by atoms with Crippen molar-refractivity contribution in [3.8, 4) is 11.5 Å². The molecule has 0 bridgehead atoms. The van der Waals surface area contributed by atoms with Crippen molar-refractivity contribution < 1.29 is 51.2 Å². The molecule has 0 aliphatic heterocycles. The summed E-state index contributed by atoms with van der Waals surface area (Å²) < 4.78 is 71.0. The van der Waals surface area contributed by atoms with Crippen LogP contribution in [0.2, 0.25) is 0 Å². The summed E-state index contributed by atoms with van der Waals surface area (Å²) in [7, 11) is 0. The molecule has 44 heavy (non-hydrogen) atoms. The highest BCUT2D eigenvalue weighted by Gasteiger charge is 2.31.